The van der Waals surface area contributed by atoms with E-state index in [-0.39, 0.29) is 23.0 Å². The molecule has 1 aromatic heterocycles. The van der Waals surface area contributed by atoms with Gasteiger partial charge in [0.05, 0.1) is 17.5 Å². The van der Waals surface area contributed by atoms with Gasteiger partial charge in [-0.05, 0) is 126 Å². The normalized spacial score (nSPS) is 25.4. The molecule has 0 bridgehead atoms. The summed E-state index contributed by atoms with van der Waals surface area (Å²) in [5.74, 6) is 2.04. The molecule has 2 fully saturated rings. The summed E-state index contributed by atoms with van der Waals surface area (Å²) in [5.41, 5.74) is 8.15. The molecule has 6 nitrogen and oxygen atoms in total. The molecule has 244 valence electrons. The number of aliphatic hydroxyl groups excluding tert-OH is 1. The van der Waals surface area contributed by atoms with E-state index in [0.717, 1.165) is 71.4 Å². The Morgan fingerprint density at radius 2 is 1.65 bits per heavy atom. The zero-order valence-corrected chi connectivity index (χ0v) is 28.0. The number of hydrogen-bond acceptors (Lipinski definition) is 6. The van der Waals surface area contributed by atoms with Crippen LogP contribution in [0.2, 0.25) is 0 Å². The van der Waals surface area contributed by atoms with Crippen LogP contribution >= 0.6 is 11.3 Å². The first-order chi connectivity index (χ1) is 23.4. The van der Waals surface area contributed by atoms with Crippen molar-refractivity contribution in [1.29, 1.82) is 0 Å². The van der Waals surface area contributed by atoms with Crippen molar-refractivity contribution < 1.29 is 15.3 Å². The number of aliphatic hydroxyl groups is 1. The first-order valence-electron chi connectivity index (χ1n) is 17.1. The van der Waals surface area contributed by atoms with E-state index < -0.39 is 0 Å². The number of para-hydroxylation sites is 1. The van der Waals surface area contributed by atoms with Crippen LogP contribution in [0.4, 0.5) is 0 Å². The van der Waals surface area contributed by atoms with Gasteiger partial charge in [-0.15, -0.1) is 16.4 Å². The van der Waals surface area contributed by atoms with Gasteiger partial charge in [0.15, 0.2) is 0 Å². The number of aryl methyl sites for hydroxylation is 1. The van der Waals surface area contributed by atoms with Crippen LogP contribution < -0.4 is 4.80 Å². The number of benzene rings is 4. The molecular weight excluding hydrogens is 615 g/mol. The van der Waals surface area contributed by atoms with Gasteiger partial charge in [0.2, 0.25) is 4.80 Å². The van der Waals surface area contributed by atoms with Crippen LogP contribution in [-0.4, -0.2) is 31.7 Å². The van der Waals surface area contributed by atoms with E-state index in [1.165, 1.54) is 22.5 Å². The maximum atomic E-state index is 11.4. The summed E-state index contributed by atoms with van der Waals surface area (Å²) < 4.78 is 2.13. The molecule has 0 aliphatic heterocycles. The summed E-state index contributed by atoms with van der Waals surface area (Å²) in [6.45, 7) is 2.31. The molecule has 3 N–H and O–H groups in total. The van der Waals surface area contributed by atoms with E-state index in [2.05, 4.69) is 47.2 Å². The number of aromatic nitrogens is 1. The van der Waals surface area contributed by atoms with Crippen molar-refractivity contribution >= 4 is 17.0 Å². The minimum absolute atomic E-state index is 0.0252. The summed E-state index contributed by atoms with van der Waals surface area (Å²) in [4.78, 5) is 0.734. The Hall–Kier alpha value is -4.46. The molecule has 0 radical (unpaired) electrons. The lowest BCUT2D eigenvalue weighted by molar-refractivity contribution is -0.0226. The fourth-order valence-corrected chi connectivity index (χ4v) is 9.78. The lowest BCUT2D eigenvalue weighted by Gasteiger charge is -2.50. The topological polar surface area (TPSA) is 90.3 Å². The average molecular weight is 656 g/mol. The molecule has 2 saturated carbocycles. The molecule has 0 saturated heterocycles. The number of thiazole rings is 1. The average Bonchev–Trinajstić information content (AvgIpc) is 3.68. The molecule has 5 aromatic rings. The summed E-state index contributed by atoms with van der Waals surface area (Å²) in [6.07, 6.45) is 6.42. The Morgan fingerprint density at radius 1 is 0.896 bits per heavy atom. The smallest absolute Gasteiger partial charge is 0.215 e. The fraction of sp³-hybridized carbons (Fsp3) is 0.317. The van der Waals surface area contributed by atoms with Crippen LogP contribution in [0.1, 0.15) is 67.2 Å². The number of hydrogen-bond donors (Lipinski definition) is 3. The number of rotatable bonds is 6. The minimum Gasteiger partial charge on any atom is -0.508 e. The van der Waals surface area contributed by atoms with Crippen LogP contribution in [0.5, 0.6) is 11.5 Å². The van der Waals surface area contributed by atoms with Gasteiger partial charge in [-0.2, -0.15) is 5.10 Å². The highest BCUT2D eigenvalue weighted by atomic mass is 32.1. The van der Waals surface area contributed by atoms with E-state index in [0.29, 0.717) is 29.9 Å². The van der Waals surface area contributed by atoms with Crippen LogP contribution in [0, 0.1) is 17.3 Å². The van der Waals surface area contributed by atoms with Crippen molar-refractivity contribution in [1.82, 2.24) is 4.57 Å². The van der Waals surface area contributed by atoms with Gasteiger partial charge in [0.1, 0.15) is 11.5 Å². The van der Waals surface area contributed by atoms with Gasteiger partial charge < -0.3 is 15.3 Å². The molecule has 1 heterocycles. The Labute approximate surface area is 285 Å². The fourth-order valence-electron chi connectivity index (χ4n) is 8.92. The predicted molar refractivity (Wildman–Crippen MR) is 192 cm³/mol. The first-order valence-corrected chi connectivity index (χ1v) is 18.0. The van der Waals surface area contributed by atoms with Crippen molar-refractivity contribution in [3.8, 4) is 28.4 Å². The zero-order valence-electron chi connectivity index (χ0n) is 27.2. The summed E-state index contributed by atoms with van der Waals surface area (Å²) in [5, 5.41) is 44.2. The zero-order chi connectivity index (χ0) is 32.8. The summed E-state index contributed by atoms with van der Waals surface area (Å²) in [7, 11) is 0. The number of phenolic OH excluding ortho intramolecular Hbond substituents is 2. The van der Waals surface area contributed by atoms with E-state index in [1.807, 2.05) is 54.6 Å². The summed E-state index contributed by atoms with van der Waals surface area (Å²) in [6, 6.07) is 31.7. The molecule has 8 rings (SSSR count). The Kier molecular flexibility index (Phi) is 8.05. The van der Waals surface area contributed by atoms with E-state index in [4.69, 9.17) is 10.2 Å². The highest BCUT2D eigenvalue weighted by Crippen LogP contribution is 2.61. The lowest BCUT2D eigenvalue weighted by atomic mass is 9.55. The number of nitrogens with zero attached hydrogens (tertiary/aromatic N) is 3. The first kappa shape index (κ1) is 30.8. The molecule has 5 atom stereocenters. The van der Waals surface area contributed by atoms with Crippen molar-refractivity contribution in [2.24, 2.45) is 27.5 Å². The van der Waals surface area contributed by atoms with Crippen molar-refractivity contribution in [2.75, 3.05) is 0 Å². The van der Waals surface area contributed by atoms with Crippen molar-refractivity contribution in [3.63, 3.8) is 0 Å². The number of phenols is 2. The standard InChI is InChI=1S/C41H41N3O3S/c1-41-21-20-32-33(35(41)18-19-39(41)47)17-14-28-24-38(46)29(22-34(28)32)23-36(26-12-15-31(45)16-13-26)42-43-40-44(30-10-6-3-7-11-30)37(25-48-40)27-8-4-2-5-9-27/h2-13,15-16,22,24-25,32-33,35,39,45-47H,14,17-21,23H2,1H3/b42-36-,43-40+/t32-,33+,35-,39-,41-/m0/s1. The van der Waals surface area contributed by atoms with E-state index in [1.54, 1.807) is 12.1 Å². The highest BCUT2D eigenvalue weighted by Gasteiger charge is 2.54. The van der Waals surface area contributed by atoms with Crippen LogP contribution in [-0.2, 0) is 12.8 Å². The van der Waals surface area contributed by atoms with Gasteiger partial charge in [-0.3, -0.25) is 4.57 Å². The molecule has 0 spiro atoms. The van der Waals surface area contributed by atoms with Crippen LogP contribution in [0.3, 0.4) is 0 Å². The maximum absolute atomic E-state index is 11.4. The SMILES string of the molecule is C[C@]12CC[C@@H]3c4cc(C/C(=N/N=c5/scc(-c6ccccc6)n5-c5ccccc5)c5ccc(O)cc5)c(O)cc4CC[C@H]3[C@@H]1CC[C@@H]2O. The third kappa shape index (κ3) is 5.49. The van der Waals surface area contributed by atoms with Gasteiger partial charge in [0.25, 0.3) is 0 Å². The molecule has 7 heteroatoms. The van der Waals surface area contributed by atoms with Crippen molar-refractivity contribution in [2.45, 2.75) is 63.9 Å². The number of aromatic hydroxyl groups is 2. The molecule has 48 heavy (non-hydrogen) atoms. The maximum Gasteiger partial charge on any atom is 0.215 e. The molecule has 0 amide bonds. The van der Waals surface area contributed by atoms with E-state index >= 15 is 0 Å². The third-order valence-electron chi connectivity index (χ3n) is 11.5. The molecule has 0 unspecified atom stereocenters. The Balaban J connectivity index is 1.20. The molecule has 3 aliphatic rings. The number of fused-ring (bicyclic) bond motifs is 5. The highest BCUT2D eigenvalue weighted by molar-refractivity contribution is 7.07. The summed E-state index contributed by atoms with van der Waals surface area (Å²) >= 11 is 1.54. The quantitative estimate of drug-likeness (QED) is 0.127. The molecular formula is C41H41N3O3S. The largest absolute Gasteiger partial charge is 0.508 e. The second-order valence-corrected chi connectivity index (χ2v) is 14.9. The second-order valence-electron chi connectivity index (χ2n) is 14.0. The van der Waals surface area contributed by atoms with Gasteiger partial charge >= 0.3 is 0 Å². The van der Waals surface area contributed by atoms with Crippen molar-refractivity contribution in [3.05, 3.63) is 129 Å². The van der Waals surface area contributed by atoms with E-state index in [9.17, 15) is 15.3 Å². The molecule has 4 aromatic carbocycles. The third-order valence-corrected chi connectivity index (χ3v) is 12.3. The lowest BCUT2D eigenvalue weighted by Crippen LogP contribution is -2.43. The monoisotopic (exact) mass is 655 g/mol. The second kappa shape index (κ2) is 12.5. The minimum atomic E-state index is -0.194. The van der Waals surface area contributed by atoms with Gasteiger partial charge in [-0.1, -0.05) is 61.5 Å². The van der Waals surface area contributed by atoms with Crippen LogP contribution in [0.25, 0.3) is 16.9 Å². The predicted octanol–water partition coefficient (Wildman–Crippen LogP) is 8.38. The Morgan fingerprint density at radius 3 is 2.42 bits per heavy atom. The molecule has 3 aliphatic carbocycles. The van der Waals surface area contributed by atoms with Gasteiger partial charge in [-0.25, -0.2) is 0 Å². The van der Waals surface area contributed by atoms with Gasteiger partial charge in [0, 0.05) is 23.1 Å². The Bertz CT molecular complexity index is 2030. The van der Waals surface area contributed by atoms with Crippen LogP contribution in [0.15, 0.2) is 113 Å².